The van der Waals surface area contributed by atoms with Gasteiger partial charge in [-0.15, -0.1) is 5.10 Å². The number of carbonyl (C=O) groups excluding carboxylic acids is 1. The SMILES string of the molecule is Cc1ccc(Nc2ccc(NC(=O)c3ccco3)cc2)nn1. The topological polar surface area (TPSA) is 80.0 Å². The van der Waals surface area contributed by atoms with E-state index in [0.29, 0.717) is 11.5 Å². The van der Waals surface area contributed by atoms with Gasteiger partial charge in [0.05, 0.1) is 12.0 Å². The lowest BCUT2D eigenvalue weighted by Gasteiger charge is -2.07. The van der Waals surface area contributed by atoms with Crippen molar-refractivity contribution in [1.82, 2.24) is 10.2 Å². The third-order valence-corrected chi connectivity index (χ3v) is 2.96. The second kappa shape index (κ2) is 6.09. The van der Waals surface area contributed by atoms with Gasteiger partial charge in [0.1, 0.15) is 0 Å². The highest BCUT2D eigenvalue weighted by Gasteiger charge is 2.08. The molecule has 0 radical (unpaired) electrons. The highest BCUT2D eigenvalue weighted by Crippen LogP contribution is 2.18. The lowest BCUT2D eigenvalue weighted by Crippen LogP contribution is -2.10. The van der Waals surface area contributed by atoms with Crippen molar-refractivity contribution >= 4 is 23.1 Å². The molecule has 22 heavy (non-hydrogen) atoms. The third-order valence-electron chi connectivity index (χ3n) is 2.96. The van der Waals surface area contributed by atoms with Gasteiger partial charge in [-0.25, -0.2) is 0 Å². The standard InChI is InChI=1S/C16H14N4O2/c1-11-4-9-15(20-19-11)17-12-5-7-13(8-6-12)18-16(21)14-3-2-10-22-14/h2-10H,1H3,(H,17,20)(H,18,21). The number of hydrogen-bond acceptors (Lipinski definition) is 5. The summed E-state index contributed by atoms with van der Waals surface area (Å²) in [6.45, 7) is 1.88. The van der Waals surface area contributed by atoms with Gasteiger partial charge in [-0.1, -0.05) is 0 Å². The number of carbonyl (C=O) groups is 1. The molecule has 3 aromatic rings. The maximum absolute atomic E-state index is 11.8. The van der Waals surface area contributed by atoms with E-state index in [4.69, 9.17) is 4.42 Å². The average molecular weight is 294 g/mol. The quantitative estimate of drug-likeness (QED) is 0.771. The Kier molecular flexibility index (Phi) is 3.82. The summed E-state index contributed by atoms with van der Waals surface area (Å²) in [6, 6.07) is 14.3. The predicted octanol–water partition coefficient (Wildman–Crippen LogP) is 3.37. The largest absolute Gasteiger partial charge is 0.459 e. The molecule has 3 rings (SSSR count). The summed E-state index contributed by atoms with van der Waals surface area (Å²) in [4.78, 5) is 11.8. The van der Waals surface area contributed by atoms with Crippen molar-refractivity contribution in [2.24, 2.45) is 0 Å². The highest BCUT2D eigenvalue weighted by molar-refractivity contribution is 6.02. The second-order valence-electron chi connectivity index (χ2n) is 4.69. The summed E-state index contributed by atoms with van der Waals surface area (Å²) >= 11 is 0. The summed E-state index contributed by atoms with van der Waals surface area (Å²) in [7, 11) is 0. The Bertz CT molecular complexity index is 750. The summed E-state index contributed by atoms with van der Waals surface area (Å²) in [6.07, 6.45) is 1.46. The number of amides is 1. The Hall–Kier alpha value is -3.15. The minimum atomic E-state index is -0.282. The number of furan rings is 1. The molecule has 0 saturated heterocycles. The van der Waals surface area contributed by atoms with E-state index in [0.717, 1.165) is 11.4 Å². The van der Waals surface area contributed by atoms with Gasteiger partial charge in [-0.05, 0) is 55.5 Å². The lowest BCUT2D eigenvalue weighted by molar-refractivity contribution is 0.0996. The molecule has 0 aliphatic carbocycles. The van der Waals surface area contributed by atoms with E-state index in [-0.39, 0.29) is 11.7 Å². The van der Waals surface area contributed by atoms with Crippen molar-refractivity contribution in [3.05, 3.63) is 66.2 Å². The van der Waals surface area contributed by atoms with E-state index in [9.17, 15) is 4.79 Å². The molecule has 0 unspecified atom stereocenters. The first kappa shape index (κ1) is 13.8. The van der Waals surface area contributed by atoms with Gasteiger partial charge < -0.3 is 15.1 Å². The Morgan fingerprint density at radius 2 is 1.77 bits per heavy atom. The smallest absolute Gasteiger partial charge is 0.291 e. The van der Waals surface area contributed by atoms with Crippen molar-refractivity contribution in [2.45, 2.75) is 6.92 Å². The number of aromatic nitrogens is 2. The van der Waals surface area contributed by atoms with Gasteiger partial charge in [0, 0.05) is 11.4 Å². The van der Waals surface area contributed by atoms with Crippen LogP contribution in [-0.2, 0) is 0 Å². The number of rotatable bonds is 4. The van der Waals surface area contributed by atoms with Gasteiger partial charge in [-0.3, -0.25) is 4.79 Å². The molecule has 0 aliphatic heterocycles. The fourth-order valence-corrected chi connectivity index (χ4v) is 1.85. The number of benzene rings is 1. The number of anilines is 3. The van der Waals surface area contributed by atoms with Gasteiger partial charge in [0.15, 0.2) is 11.6 Å². The normalized spacial score (nSPS) is 10.2. The zero-order chi connectivity index (χ0) is 15.4. The van der Waals surface area contributed by atoms with Crippen molar-refractivity contribution in [1.29, 1.82) is 0 Å². The van der Waals surface area contributed by atoms with Crippen LogP contribution in [0.15, 0.2) is 59.2 Å². The van der Waals surface area contributed by atoms with Crippen LogP contribution in [0.5, 0.6) is 0 Å². The average Bonchev–Trinajstić information content (AvgIpc) is 3.06. The zero-order valence-corrected chi connectivity index (χ0v) is 11.9. The van der Waals surface area contributed by atoms with Crippen LogP contribution in [0.2, 0.25) is 0 Å². The molecule has 0 aliphatic rings. The van der Waals surface area contributed by atoms with Crippen LogP contribution in [-0.4, -0.2) is 16.1 Å². The number of hydrogen-bond donors (Lipinski definition) is 2. The van der Waals surface area contributed by atoms with E-state index in [2.05, 4.69) is 20.8 Å². The molecule has 6 nitrogen and oxygen atoms in total. The summed E-state index contributed by atoms with van der Waals surface area (Å²) < 4.78 is 5.04. The molecular formula is C16H14N4O2. The molecule has 0 bridgehead atoms. The molecule has 1 amide bonds. The van der Waals surface area contributed by atoms with Crippen LogP contribution >= 0.6 is 0 Å². The fourth-order valence-electron chi connectivity index (χ4n) is 1.85. The van der Waals surface area contributed by atoms with Gasteiger partial charge >= 0.3 is 0 Å². The van der Waals surface area contributed by atoms with Crippen molar-refractivity contribution in [2.75, 3.05) is 10.6 Å². The molecule has 2 aromatic heterocycles. The molecule has 2 N–H and O–H groups in total. The fraction of sp³-hybridized carbons (Fsp3) is 0.0625. The second-order valence-corrected chi connectivity index (χ2v) is 4.69. The minimum Gasteiger partial charge on any atom is -0.459 e. The van der Waals surface area contributed by atoms with Crippen molar-refractivity contribution in [3.63, 3.8) is 0 Å². The van der Waals surface area contributed by atoms with E-state index >= 15 is 0 Å². The molecule has 1 aromatic carbocycles. The molecule has 0 fully saturated rings. The Labute approximate surface area is 127 Å². The van der Waals surface area contributed by atoms with Crippen LogP contribution in [0.1, 0.15) is 16.2 Å². The molecule has 0 spiro atoms. The molecular weight excluding hydrogens is 280 g/mol. The van der Waals surface area contributed by atoms with E-state index < -0.39 is 0 Å². The molecule has 110 valence electrons. The third kappa shape index (κ3) is 3.29. The first-order valence-corrected chi connectivity index (χ1v) is 6.73. The summed E-state index contributed by atoms with van der Waals surface area (Å²) in [5.41, 5.74) is 2.40. The van der Waals surface area contributed by atoms with Gasteiger partial charge in [0.25, 0.3) is 5.91 Å². The molecule has 0 saturated carbocycles. The van der Waals surface area contributed by atoms with Crippen LogP contribution in [0.25, 0.3) is 0 Å². The zero-order valence-electron chi connectivity index (χ0n) is 11.9. The molecule has 6 heteroatoms. The lowest BCUT2D eigenvalue weighted by atomic mass is 10.2. The Balaban J connectivity index is 1.65. The number of nitrogens with one attached hydrogen (secondary N) is 2. The number of aryl methyl sites for hydroxylation is 1. The van der Waals surface area contributed by atoms with E-state index in [1.54, 1.807) is 24.3 Å². The molecule has 0 atom stereocenters. The van der Waals surface area contributed by atoms with Crippen LogP contribution in [0, 0.1) is 6.92 Å². The number of nitrogens with zero attached hydrogens (tertiary/aromatic N) is 2. The van der Waals surface area contributed by atoms with Crippen molar-refractivity contribution < 1.29 is 9.21 Å². The first-order chi connectivity index (χ1) is 10.7. The molecule has 2 heterocycles. The van der Waals surface area contributed by atoms with Crippen molar-refractivity contribution in [3.8, 4) is 0 Å². The highest BCUT2D eigenvalue weighted by atomic mass is 16.3. The summed E-state index contributed by atoms with van der Waals surface area (Å²) in [5, 5.41) is 13.9. The Morgan fingerprint density at radius 3 is 2.41 bits per heavy atom. The van der Waals surface area contributed by atoms with Crippen LogP contribution < -0.4 is 10.6 Å². The predicted molar refractivity (Wildman–Crippen MR) is 83.2 cm³/mol. The monoisotopic (exact) mass is 294 g/mol. The van der Waals surface area contributed by atoms with Crippen LogP contribution in [0.4, 0.5) is 17.2 Å². The summed E-state index contributed by atoms with van der Waals surface area (Å²) in [5.74, 6) is 0.658. The van der Waals surface area contributed by atoms with E-state index in [1.165, 1.54) is 6.26 Å². The maximum Gasteiger partial charge on any atom is 0.291 e. The van der Waals surface area contributed by atoms with Gasteiger partial charge in [0.2, 0.25) is 0 Å². The van der Waals surface area contributed by atoms with E-state index in [1.807, 2.05) is 31.2 Å². The van der Waals surface area contributed by atoms with Gasteiger partial charge in [-0.2, -0.15) is 5.10 Å². The maximum atomic E-state index is 11.8. The minimum absolute atomic E-state index is 0.275. The van der Waals surface area contributed by atoms with Crippen LogP contribution in [0.3, 0.4) is 0 Å². The first-order valence-electron chi connectivity index (χ1n) is 6.73. The Morgan fingerprint density at radius 1 is 1.00 bits per heavy atom.